The van der Waals surface area contributed by atoms with Crippen LogP contribution >= 0.6 is 0 Å². The Balaban J connectivity index is 1.58. The number of pyridine rings is 1. The molecular weight excluding hydrogens is 264 g/mol. The Morgan fingerprint density at radius 3 is 2.76 bits per heavy atom. The van der Waals surface area contributed by atoms with E-state index < -0.39 is 5.97 Å². The fourth-order valence-electron chi connectivity index (χ4n) is 3.78. The minimum atomic E-state index is -0.866. The molecule has 21 heavy (non-hydrogen) atoms. The zero-order valence-electron chi connectivity index (χ0n) is 12.3. The molecule has 0 amide bonds. The van der Waals surface area contributed by atoms with Gasteiger partial charge in [-0.25, -0.2) is 9.78 Å². The zero-order valence-corrected chi connectivity index (χ0v) is 12.3. The van der Waals surface area contributed by atoms with Crippen LogP contribution in [0.15, 0.2) is 6.07 Å². The van der Waals surface area contributed by atoms with Gasteiger partial charge in [-0.3, -0.25) is 0 Å². The fraction of sp³-hybridized carbons (Fsp3) is 0.647. The minimum Gasteiger partial charge on any atom is -0.478 e. The number of rotatable bonds is 5. The molecule has 0 atom stereocenters. The first kappa shape index (κ1) is 13.1. The van der Waals surface area contributed by atoms with Gasteiger partial charge in [0.2, 0.25) is 0 Å². The van der Waals surface area contributed by atoms with E-state index in [1.54, 1.807) is 0 Å². The largest absolute Gasteiger partial charge is 0.478 e. The lowest BCUT2D eigenvalue weighted by Crippen LogP contribution is -2.21. The number of carbonyl (C=O) groups is 1. The third-order valence-electron chi connectivity index (χ3n) is 5.47. The molecule has 2 fully saturated rings. The van der Waals surface area contributed by atoms with Crippen molar-refractivity contribution in [1.82, 2.24) is 4.98 Å². The van der Waals surface area contributed by atoms with E-state index >= 15 is 0 Å². The molecular formula is C17H22N2O2. The average Bonchev–Trinajstić information content (AvgIpc) is 3.37. The summed E-state index contributed by atoms with van der Waals surface area (Å²) >= 11 is 0. The smallest absolute Gasteiger partial charge is 0.339 e. The zero-order chi connectivity index (χ0) is 14.4. The quantitative estimate of drug-likeness (QED) is 0.872. The molecule has 112 valence electrons. The third kappa shape index (κ3) is 2.41. The molecule has 1 heterocycles. The summed E-state index contributed by atoms with van der Waals surface area (Å²) in [5.41, 5.74) is 3.03. The molecule has 0 bridgehead atoms. The lowest BCUT2D eigenvalue weighted by molar-refractivity contribution is 0.0697. The van der Waals surface area contributed by atoms with Crippen LogP contribution in [-0.2, 0) is 12.8 Å². The highest BCUT2D eigenvalue weighted by molar-refractivity contribution is 5.93. The number of fused-ring (bicyclic) bond motifs is 1. The van der Waals surface area contributed by atoms with Crippen LogP contribution < -0.4 is 5.32 Å². The third-order valence-corrected chi connectivity index (χ3v) is 5.47. The molecule has 0 aliphatic heterocycles. The SMILES string of the molecule is O=C(O)c1cc2c(nc1NCC1(C3CC3)CC1)CCCC2. The van der Waals surface area contributed by atoms with Crippen LogP contribution in [0.1, 0.15) is 60.1 Å². The molecule has 0 spiro atoms. The molecule has 2 saturated carbocycles. The van der Waals surface area contributed by atoms with Gasteiger partial charge in [-0.05, 0) is 74.3 Å². The lowest BCUT2D eigenvalue weighted by Gasteiger charge is -2.20. The van der Waals surface area contributed by atoms with E-state index in [-0.39, 0.29) is 0 Å². The standard InChI is InChI=1S/C17H22N2O2/c20-16(21)13-9-11-3-1-2-4-14(11)19-15(13)18-10-17(7-8-17)12-5-6-12/h9,12H,1-8,10H2,(H,18,19)(H,20,21). The molecule has 3 aliphatic carbocycles. The van der Waals surface area contributed by atoms with Gasteiger partial charge in [-0.2, -0.15) is 0 Å². The monoisotopic (exact) mass is 286 g/mol. The van der Waals surface area contributed by atoms with Gasteiger partial charge in [0.1, 0.15) is 11.4 Å². The number of aromatic nitrogens is 1. The summed E-state index contributed by atoms with van der Waals surface area (Å²) in [6, 6.07) is 1.85. The molecule has 1 aromatic rings. The van der Waals surface area contributed by atoms with E-state index in [4.69, 9.17) is 0 Å². The first-order valence-electron chi connectivity index (χ1n) is 8.18. The summed E-state index contributed by atoms with van der Waals surface area (Å²) < 4.78 is 0. The lowest BCUT2D eigenvalue weighted by atomic mass is 9.94. The van der Waals surface area contributed by atoms with Crippen molar-refractivity contribution in [1.29, 1.82) is 0 Å². The number of aryl methyl sites for hydroxylation is 2. The predicted molar refractivity (Wildman–Crippen MR) is 80.7 cm³/mol. The maximum absolute atomic E-state index is 11.5. The molecule has 0 saturated heterocycles. The minimum absolute atomic E-state index is 0.349. The van der Waals surface area contributed by atoms with Crippen molar-refractivity contribution >= 4 is 11.8 Å². The van der Waals surface area contributed by atoms with Gasteiger partial charge in [0, 0.05) is 12.2 Å². The van der Waals surface area contributed by atoms with Crippen molar-refractivity contribution in [2.24, 2.45) is 11.3 Å². The number of carboxylic acids is 1. The number of carboxylic acid groups (broad SMARTS) is 1. The molecule has 3 aliphatic rings. The van der Waals surface area contributed by atoms with Gasteiger partial charge in [0.05, 0.1) is 0 Å². The van der Waals surface area contributed by atoms with Crippen LogP contribution in [0.2, 0.25) is 0 Å². The molecule has 4 heteroatoms. The second-order valence-corrected chi connectivity index (χ2v) is 6.99. The highest BCUT2D eigenvalue weighted by Crippen LogP contribution is 2.61. The van der Waals surface area contributed by atoms with E-state index in [9.17, 15) is 9.90 Å². The van der Waals surface area contributed by atoms with Crippen LogP contribution in [-0.4, -0.2) is 22.6 Å². The first-order valence-corrected chi connectivity index (χ1v) is 8.18. The van der Waals surface area contributed by atoms with Crippen molar-refractivity contribution in [2.75, 3.05) is 11.9 Å². The Morgan fingerprint density at radius 2 is 2.10 bits per heavy atom. The normalized spacial score (nSPS) is 22.5. The Morgan fingerprint density at radius 1 is 1.33 bits per heavy atom. The number of nitrogens with one attached hydrogen (secondary N) is 1. The van der Waals surface area contributed by atoms with Crippen LogP contribution in [0, 0.1) is 11.3 Å². The Bertz CT molecular complexity index is 589. The predicted octanol–water partition coefficient (Wildman–Crippen LogP) is 3.26. The van der Waals surface area contributed by atoms with E-state index in [1.165, 1.54) is 25.7 Å². The van der Waals surface area contributed by atoms with Crippen molar-refractivity contribution in [3.8, 4) is 0 Å². The van der Waals surface area contributed by atoms with Gasteiger partial charge in [0.25, 0.3) is 0 Å². The summed E-state index contributed by atoms with van der Waals surface area (Å²) in [5, 5.41) is 12.8. The van der Waals surface area contributed by atoms with Gasteiger partial charge < -0.3 is 10.4 Å². The van der Waals surface area contributed by atoms with Crippen molar-refractivity contribution in [3.63, 3.8) is 0 Å². The number of aromatic carboxylic acids is 1. The van der Waals surface area contributed by atoms with Crippen molar-refractivity contribution in [3.05, 3.63) is 22.9 Å². The van der Waals surface area contributed by atoms with Gasteiger partial charge in [-0.15, -0.1) is 0 Å². The summed E-state index contributed by atoms with van der Waals surface area (Å²) in [6.07, 6.45) is 9.54. The Hall–Kier alpha value is -1.58. The number of anilines is 1. The molecule has 0 radical (unpaired) electrons. The number of nitrogens with zero attached hydrogens (tertiary/aromatic N) is 1. The summed E-state index contributed by atoms with van der Waals surface area (Å²) in [5.74, 6) is 0.598. The molecule has 1 aromatic heterocycles. The molecule has 0 unspecified atom stereocenters. The second-order valence-electron chi connectivity index (χ2n) is 6.99. The van der Waals surface area contributed by atoms with Gasteiger partial charge in [-0.1, -0.05) is 0 Å². The number of hydrogen-bond donors (Lipinski definition) is 2. The maximum Gasteiger partial charge on any atom is 0.339 e. The Kier molecular flexibility index (Phi) is 2.95. The van der Waals surface area contributed by atoms with Crippen LogP contribution in [0.3, 0.4) is 0 Å². The van der Waals surface area contributed by atoms with E-state index in [2.05, 4.69) is 10.3 Å². The van der Waals surface area contributed by atoms with Crippen molar-refractivity contribution < 1.29 is 9.90 Å². The van der Waals surface area contributed by atoms with E-state index in [0.29, 0.717) is 16.8 Å². The van der Waals surface area contributed by atoms with Crippen LogP contribution in [0.5, 0.6) is 0 Å². The van der Waals surface area contributed by atoms with E-state index in [0.717, 1.165) is 49.4 Å². The maximum atomic E-state index is 11.5. The second kappa shape index (κ2) is 4.72. The van der Waals surface area contributed by atoms with Gasteiger partial charge in [0.15, 0.2) is 0 Å². The van der Waals surface area contributed by atoms with Crippen LogP contribution in [0.4, 0.5) is 5.82 Å². The van der Waals surface area contributed by atoms with Crippen molar-refractivity contribution in [2.45, 2.75) is 51.4 Å². The first-order chi connectivity index (χ1) is 10.2. The molecule has 0 aromatic carbocycles. The molecule has 4 nitrogen and oxygen atoms in total. The number of hydrogen-bond acceptors (Lipinski definition) is 3. The highest BCUT2D eigenvalue weighted by atomic mass is 16.4. The summed E-state index contributed by atoms with van der Waals surface area (Å²) in [6.45, 7) is 0.893. The average molecular weight is 286 g/mol. The molecule has 4 rings (SSSR count). The fourth-order valence-corrected chi connectivity index (χ4v) is 3.78. The van der Waals surface area contributed by atoms with E-state index in [1.807, 2.05) is 6.07 Å². The van der Waals surface area contributed by atoms with Crippen LogP contribution in [0.25, 0.3) is 0 Å². The van der Waals surface area contributed by atoms with Gasteiger partial charge >= 0.3 is 5.97 Å². The molecule has 2 N–H and O–H groups in total. The summed E-state index contributed by atoms with van der Waals surface area (Å²) in [4.78, 5) is 16.2. The highest BCUT2D eigenvalue weighted by Gasteiger charge is 2.53. The Labute approximate surface area is 125 Å². The summed E-state index contributed by atoms with van der Waals surface area (Å²) in [7, 11) is 0. The topological polar surface area (TPSA) is 62.2 Å².